The number of carboxylic acid groups (broad SMARTS) is 1. The van der Waals surface area contributed by atoms with E-state index in [-0.39, 0.29) is 18.7 Å². The lowest BCUT2D eigenvalue weighted by Gasteiger charge is -2.12. The summed E-state index contributed by atoms with van der Waals surface area (Å²) in [5.41, 5.74) is 0.510. The second kappa shape index (κ2) is 7.42. The number of carboxylic acids is 1. The molecule has 0 aliphatic carbocycles. The van der Waals surface area contributed by atoms with Crippen LogP contribution in [0.25, 0.3) is 0 Å². The van der Waals surface area contributed by atoms with Gasteiger partial charge in [0.25, 0.3) is 0 Å². The fourth-order valence-electron chi connectivity index (χ4n) is 1.51. The summed E-state index contributed by atoms with van der Waals surface area (Å²) >= 11 is 0. The van der Waals surface area contributed by atoms with Gasteiger partial charge in [0, 0.05) is 6.54 Å². The number of carbonyl (C=O) groups excluding carboxylic acids is 1. The first kappa shape index (κ1) is 15.9. The minimum atomic E-state index is -2.92. The number of nitrogens with one attached hydrogen (secondary N) is 1. The Morgan fingerprint density at radius 2 is 2.00 bits per heavy atom. The van der Waals surface area contributed by atoms with Crippen LogP contribution < -0.4 is 10.1 Å². The predicted octanol–water partition coefficient (Wildman–Crippen LogP) is 1.67. The van der Waals surface area contributed by atoms with E-state index in [0.29, 0.717) is 5.56 Å². The van der Waals surface area contributed by atoms with Crippen LogP contribution in [0.15, 0.2) is 24.3 Å². The molecular formula is C13H15F2NO4. The van der Waals surface area contributed by atoms with Crippen LogP contribution in [0.4, 0.5) is 8.78 Å². The van der Waals surface area contributed by atoms with Gasteiger partial charge in [-0.1, -0.05) is 18.2 Å². The Morgan fingerprint density at radius 3 is 2.60 bits per heavy atom. The van der Waals surface area contributed by atoms with Crippen molar-refractivity contribution in [1.82, 2.24) is 5.32 Å². The maximum absolute atomic E-state index is 12.2. The van der Waals surface area contributed by atoms with Gasteiger partial charge >= 0.3 is 12.6 Å². The van der Waals surface area contributed by atoms with Crippen LogP contribution in [-0.2, 0) is 16.0 Å². The zero-order valence-corrected chi connectivity index (χ0v) is 10.8. The minimum Gasteiger partial charge on any atom is -0.481 e. The molecule has 1 unspecified atom stereocenters. The van der Waals surface area contributed by atoms with E-state index < -0.39 is 24.4 Å². The maximum Gasteiger partial charge on any atom is 0.387 e. The summed E-state index contributed by atoms with van der Waals surface area (Å²) in [6.07, 6.45) is 0.265. The Kier molecular flexibility index (Phi) is 5.89. The number of ether oxygens (including phenoxy) is 1. The van der Waals surface area contributed by atoms with Crippen molar-refractivity contribution in [2.24, 2.45) is 5.92 Å². The van der Waals surface area contributed by atoms with Crippen molar-refractivity contribution in [1.29, 1.82) is 0 Å². The highest BCUT2D eigenvalue weighted by atomic mass is 19.3. The van der Waals surface area contributed by atoms with Gasteiger partial charge in [0.1, 0.15) is 11.7 Å². The first-order valence-corrected chi connectivity index (χ1v) is 5.95. The van der Waals surface area contributed by atoms with Crippen LogP contribution in [0.3, 0.4) is 0 Å². The fraction of sp³-hybridized carbons (Fsp3) is 0.385. The molecule has 0 radical (unpaired) electrons. The molecule has 0 saturated carbocycles. The smallest absolute Gasteiger partial charge is 0.387 e. The topological polar surface area (TPSA) is 75.6 Å². The van der Waals surface area contributed by atoms with Gasteiger partial charge in [0.15, 0.2) is 0 Å². The lowest BCUT2D eigenvalue weighted by Crippen LogP contribution is -2.34. The van der Waals surface area contributed by atoms with Crippen molar-refractivity contribution in [3.8, 4) is 5.75 Å². The number of para-hydroxylation sites is 1. The van der Waals surface area contributed by atoms with Gasteiger partial charge in [-0.3, -0.25) is 9.59 Å². The summed E-state index contributed by atoms with van der Waals surface area (Å²) in [5, 5.41) is 11.1. The summed E-state index contributed by atoms with van der Waals surface area (Å²) in [5.74, 6) is -2.95. The van der Waals surface area contributed by atoms with Gasteiger partial charge in [0.2, 0.25) is 5.91 Å². The molecule has 0 fully saturated rings. The number of carbonyl (C=O) groups is 2. The molecule has 1 amide bonds. The third kappa shape index (κ3) is 4.83. The largest absolute Gasteiger partial charge is 0.481 e. The Bertz CT molecular complexity index is 479. The second-order valence-electron chi connectivity index (χ2n) is 4.09. The molecule has 0 bridgehead atoms. The zero-order chi connectivity index (χ0) is 15.1. The van der Waals surface area contributed by atoms with E-state index >= 15 is 0 Å². The molecule has 0 heterocycles. The molecular weight excluding hydrogens is 272 g/mol. The first-order valence-electron chi connectivity index (χ1n) is 5.95. The normalized spacial score (nSPS) is 12.0. The molecule has 2 N–H and O–H groups in total. The van der Waals surface area contributed by atoms with E-state index in [2.05, 4.69) is 10.1 Å². The molecule has 0 saturated heterocycles. The lowest BCUT2D eigenvalue weighted by molar-refractivity contribution is -0.146. The SMILES string of the molecule is CC(C(=O)O)C(=O)NCCc1ccccc1OC(F)F. The summed E-state index contributed by atoms with van der Waals surface area (Å²) in [6.45, 7) is -1.51. The van der Waals surface area contributed by atoms with Gasteiger partial charge < -0.3 is 15.2 Å². The molecule has 1 aromatic rings. The van der Waals surface area contributed by atoms with Crippen LogP contribution in [0.1, 0.15) is 12.5 Å². The fourth-order valence-corrected chi connectivity index (χ4v) is 1.51. The van der Waals surface area contributed by atoms with E-state index in [4.69, 9.17) is 5.11 Å². The molecule has 1 atom stereocenters. The van der Waals surface area contributed by atoms with Crippen LogP contribution in [0.5, 0.6) is 5.75 Å². The second-order valence-corrected chi connectivity index (χ2v) is 4.09. The quantitative estimate of drug-likeness (QED) is 0.748. The van der Waals surface area contributed by atoms with Gasteiger partial charge in [-0.05, 0) is 25.0 Å². The average Bonchev–Trinajstić information content (AvgIpc) is 2.38. The van der Waals surface area contributed by atoms with Crippen molar-refractivity contribution in [2.45, 2.75) is 20.0 Å². The van der Waals surface area contributed by atoms with Crippen LogP contribution in [0, 0.1) is 5.92 Å². The number of rotatable bonds is 7. The molecule has 0 spiro atoms. The van der Waals surface area contributed by atoms with Gasteiger partial charge in [-0.25, -0.2) is 0 Å². The molecule has 1 aromatic carbocycles. The molecule has 0 aliphatic heterocycles. The molecule has 110 valence electrons. The highest BCUT2D eigenvalue weighted by molar-refractivity contribution is 5.96. The lowest BCUT2D eigenvalue weighted by atomic mass is 10.1. The Hall–Kier alpha value is -2.18. The maximum atomic E-state index is 12.2. The molecule has 7 heteroatoms. The zero-order valence-electron chi connectivity index (χ0n) is 10.8. The molecule has 20 heavy (non-hydrogen) atoms. The Labute approximate surface area is 114 Å². The van der Waals surface area contributed by atoms with E-state index in [9.17, 15) is 18.4 Å². The van der Waals surface area contributed by atoms with Crippen molar-refractivity contribution < 1.29 is 28.2 Å². The predicted molar refractivity (Wildman–Crippen MR) is 66.6 cm³/mol. The Morgan fingerprint density at radius 1 is 1.35 bits per heavy atom. The van der Waals surface area contributed by atoms with E-state index in [0.717, 1.165) is 0 Å². The van der Waals surface area contributed by atoms with E-state index in [1.807, 2.05) is 0 Å². The van der Waals surface area contributed by atoms with Gasteiger partial charge in [-0.15, -0.1) is 0 Å². The minimum absolute atomic E-state index is 0.0445. The standard InChI is InChI=1S/C13H15F2NO4/c1-8(12(18)19)11(17)16-7-6-9-4-2-3-5-10(9)20-13(14)15/h2-5,8,13H,6-7H2,1H3,(H,16,17)(H,18,19). The van der Waals surface area contributed by atoms with Crippen molar-refractivity contribution in [2.75, 3.05) is 6.54 Å². The van der Waals surface area contributed by atoms with Gasteiger partial charge in [-0.2, -0.15) is 8.78 Å². The number of benzene rings is 1. The van der Waals surface area contributed by atoms with Gasteiger partial charge in [0.05, 0.1) is 0 Å². The molecule has 5 nitrogen and oxygen atoms in total. The number of alkyl halides is 2. The van der Waals surface area contributed by atoms with Crippen LogP contribution in [0.2, 0.25) is 0 Å². The monoisotopic (exact) mass is 287 g/mol. The summed E-state index contributed by atoms with van der Waals surface area (Å²) < 4.78 is 28.7. The van der Waals surface area contributed by atoms with Crippen LogP contribution >= 0.6 is 0 Å². The average molecular weight is 287 g/mol. The highest BCUT2D eigenvalue weighted by Gasteiger charge is 2.19. The number of hydrogen-bond donors (Lipinski definition) is 2. The third-order valence-corrected chi connectivity index (χ3v) is 2.65. The van der Waals surface area contributed by atoms with E-state index in [1.165, 1.54) is 13.0 Å². The number of halogens is 2. The van der Waals surface area contributed by atoms with E-state index in [1.54, 1.807) is 18.2 Å². The van der Waals surface area contributed by atoms with Crippen molar-refractivity contribution in [3.63, 3.8) is 0 Å². The Balaban J connectivity index is 2.54. The summed E-state index contributed by atoms with van der Waals surface area (Å²) in [7, 11) is 0. The third-order valence-electron chi connectivity index (χ3n) is 2.65. The summed E-state index contributed by atoms with van der Waals surface area (Å²) in [6, 6.07) is 6.23. The number of hydrogen-bond acceptors (Lipinski definition) is 3. The first-order chi connectivity index (χ1) is 9.41. The number of amides is 1. The molecule has 1 rings (SSSR count). The molecule has 0 aromatic heterocycles. The van der Waals surface area contributed by atoms with Crippen LogP contribution in [-0.4, -0.2) is 30.1 Å². The van der Waals surface area contributed by atoms with Crippen molar-refractivity contribution >= 4 is 11.9 Å². The summed E-state index contributed by atoms with van der Waals surface area (Å²) in [4.78, 5) is 22.0. The van der Waals surface area contributed by atoms with Crippen molar-refractivity contribution in [3.05, 3.63) is 29.8 Å². The number of aliphatic carboxylic acids is 1. The molecule has 0 aliphatic rings. The highest BCUT2D eigenvalue weighted by Crippen LogP contribution is 2.20.